The molecular formula is C18H14F3N5O3S. The monoisotopic (exact) mass is 437 g/mol. The molecule has 0 amide bonds. The fourth-order valence-corrected chi connectivity index (χ4v) is 3.94. The van der Waals surface area contributed by atoms with Crippen molar-refractivity contribution < 1.29 is 26.3 Å². The Hall–Kier alpha value is -3.25. The first-order valence-corrected chi connectivity index (χ1v) is 10.00. The van der Waals surface area contributed by atoms with Crippen LogP contribution in [0.25, 0.3) is 22.1 Å². The summed E-state index contributed by atoms with van der Waals surface area (Å²) in [5.41, 5.74) is 0.459. The van der Waals surface area contributed by atoms with Crippen molar-refractivity contribution >= 4 is 32.1 Å². The molecule has 0 aliphatic rings. The highest BCUT2D eigenvalue weighted by molar-refractivity contribution is 7.89. The van der Waals surface area contributed by atoms with Crippen LogP contribution in [-0.2, 0) is 22.7 Å². The molecule has 8 nitrogen and oxygen atoms in total. The van der Waals surface area contributed by atoms with Crippen molar-refractivity contribution in [3.63, 3.8) is 0 Å². The highest BCUT2D eigenvalue weighted by Gasteiger charge is 2.36. The first kappa shape index (κ1) is 20.0. The lowest BCUT2D eigenvalue weighted by atomic mass is 10.1. The summed E-state index contributed by atoms with van der Waals surface area (Å²) < 4.78 is 70.0. The lowest BCUT2D eigenvalue weighted by Crippen LogP contribution is -2.19. The largest absolute Gasteiger partial charge is 0.481 e. The van der Waals surface area contributed by atoms with Crippen molar-refractivity contribution in [2.45, 2.75) is 17.6 Å². The quantitative estimate of drug-likeness (QED) is 0.525. The molecule has 4 aromatic rings. The van der Waals surface area contributed by atoms with Gasteiger partial charge in [0.15, 0.2) is 5.65 Å². The van der Waals surface area contributed by atoms with Crippen LogP contribution in [-0.4, -0.2) is 35.0 Å². The number of nitrogens with zero attached hydrogens (tertiary/aromatic N) is 4. The molecule has 0 saturated heterocycles. The van der Waals surface area contributed by atoms with Crippen LogP contribution in [0.15, 0.2) is 47.8 Å². The van der Waals surface area contributed by atoms with Crippen LogP contribution in [0.2, 0.25) is 0 Å². The minimum atomic E-state index is -4.88. The summed E-state index contributed by atoms with van der Waals surface area (Å²) in [5, 5.41) is 5.58. The van der Waals surface area contributed by atoms with Gasteiger partial charge in [-0.3, -0.25) is 0 Å². The Bertz CT molecular complexity index is 1380. The number of alkyl halides is 3. The van der Waals surface area contributed by atoms with Crippen LogP contribution < -0.4 is 9.88 Å². The van der Waals surface area contributed by atoms with Gasteiger partial charge >= 0.3 is 6.18 Å². The predicted molar refractivity (Wildman–Crippen MR) is 101 cm³/mol. The zero-order chi connectivity index (χ0) is 21.7. The van der Waals surface area contributed by atoms with Gasteiger partial charge in [-0.25, -0.2) is 23.5 Å². The summed E-state index contributed by atoms with van der Waals surface area (Å²) >= 11 is 0. The number of benzene rings is 1. The minimum Gasteiger partial charge on any atom is -0.481 e. The number of nitrogens with two attached hydrogens (primary N) is 1. The van der Waals surface area contributed by atoms with Crippen molar-refractivity contribution in [1.29, 1.82) is 0 Å². The Labute approximate surface area is 168 Å². The van der Waals surface area contributed by atoms with E-state index in [0.717, 1.165) is 12.1 Å². The molecule has 1 aromatic carbocycles. The van der Waals surface area contributed by atoms with Gasteiger partial charge in [-0.05, 0) is 23.8 Å². The fraction of sp³-hybridized carbons (Fsp3) is 0.167. The van der Waals surface area contributed by atoms with E-state index in [9.17, 15) is 21.6 Å². The topological polar surface area (TPSA) is 113 Å². The second kappa shape index (κ2) is 6.92. The number of imidazole rings is 1. The zero-order valence-corrected chi connectivity index (χ0v) is 16.2. The van der Waals surface area contributed by atoms with Gasteiger partial charge in [-0.2, -0.15) is 18.2 Å². The van der Waals surface area contributed by atoms with Crippen molar-refractivity contribution in [2.24, 2.45) is 5.14 Å². The lowest BCUT2D eigenvalue weighted by molar-refractivity contribution is -0.139. The van der Waals surface area contributed by atoms with E-state index >= 15 is 0 Å². The van der Waals surface area contributed by atoms with E-state index in [2.05, 4.69) is 15.0 Å². The van der Waals surface area contributed by atoms with Crippen LogP contribution in [0.3, 0.4) is 0 Å². The van der Waals surface area contributed by atoms with Gasteiger partial charge in [0.2, 0.25) is 15.9 Å². The summed E-state index contributed by atoms with van der Waals surface area (Å²) in [7, 11) is -3.06. The average Bonchev–Trinajstić information content (AvgIpc) is 3.09. The van der Waals surface area contributed by atoms with Gasteiger partial charge in [-0.15, -0.1) is 0 Å². The summed E-state index contributed by atoms with van der Waals surface area (Å²) in [6.07, 6.45) is -1.91. The predicted octanol–water partition coefficient (Wildman–Crippen LogP) is 2.70. The van der Waals surface area contributed by atoms with Crippen LogP contribution in [0, 0.1) is 0 Å². The summed E-state index contributed by atoms with van der Waals surface area (Å²) in [6, 6.07) is 6.30. The lowest BCUT2D eigenvalue weighted by Gasteiger charge is -2.14. The first-order chi connectivity index (χ1) is 14.1. The summed E-state index contributed by atoms with van der Waals surface area (Å²) in [6.45, 7) is 0.00955. The first-order valence-electron chi connectivity index (χ1n) is 8.45. The second-order valence-corrected chi connectivity index (χ2v) is 7.99. The molecule has 3 aromatic heterocycles. The van der Waals surface area contributed by atoms with Crippen molar-refractivity contribution in [2.75, 3.05) is 7.11 Å². The number of hydrogen-bond acceptors (Lipinski definition) is 6. The Morgan fingerprint density at radius 3 is 2.60 bits per heavy atom. The van der Waals surface area contributed by atoms with Gasteiger partial charge in [0.05, 0.1) is 35.6 Å². The number of pyridine rings is 2. The van der Waals surface area contributed by atoms with E-state index in [4.69, 9.17) is 9.88 Å². The number of methoxy groups -OCH3 is 1. The van der Waals surface area contributed by atoms with E-state index in [1.54, 1.807) is 16.7 Å². The maximum Gasteiger partial charge on any atom is 0.417 e. The zero-order valence-electron chi connectivity index (χ0n) is 15.4. The number of fused-ring (bicyclic) bond motifs is 3. The highest BCUT2D eigenvalue weighted by Crippen LogP contribution is 2.35. The molecule has 0 fully saturated rings. The molecule has 12 heteroatoms. The van der Waals surface area contributed by atoms with E-state index in [-0.39, 0.29) is 12.1 Å². The number of hydrogen-bond donors (Lipinski definition) is 1. The van der Waals surface area contributed by atoms with Crippen LogP contribution >= 0.6 is 0 Å². The maximum absolute atomic E-state index is 13.4. The van der Waals surface area contributed by atoms with Crippen molar-refractivity contribution in [3.8, 4) is 5.88 Å². The summed E-state index contributed by atoms with van der Waals surface area (Å²) in [4.78, 5) is 11.7. The number of halogens is 3. The molecule has 0 atom stereocenters. The number of primary sulfonamides is 1. The van der Waals surface area contributed by atoms with E-state index in [1.807, 2.05) is 0 Å². The molecule has 156 valence electrons. The van der Waals surface area contributed by atoms with Crippen molar-refractivity contribution in [1.82, 2.24) is 19.5 Å². The Balaban J connectivity index is 1.84. The molecule has 0 unspecified atom stereocenters. The molecule has 0 saturated carbocycles. The van der Waals surface area contributed by atoms with Gasteiger partial charge in [0, 0.05) is 18.0 Å². The van der Waals surface area contributed by atoms with Crippen LogP contribution in [0.4, 0.5) is 13.2 Å². The Morgan fingerprint density at radius 2 is 1.93 bits per heavy atom. The van der Waals surface area contributed by atoms with Crippen LogP contribution in [0.1, 0.15) is 11.1 Å². The molecule has 0 radical (unpaired) electrons. The van der Waals surface area contributed by atoms with Crippen molar-refractivity contribution in [3.05, 3.63) is 54.0 Å². The standard InChI is InChI=1S/C18H14F3N5O3S/c1-29-15-5-3-11-16-13(7-23-17(11)25-15)24-9-26(16)8-10-2-4-14(30(22,27)28)12(6-10)18(19,20)21/h2-7,9H,8H2,1H3,(H2,22,27,28). The molecule has 4 rings (SSSR count). The Morgan fingerprint density at radius 1 is 1.17 bits per heavy atom. The number of aromatic nitrogens is 4. The van der Waals surface area contributed by atoms with Gasteiger partial charge < -0.3 is 9.30 Å². The van der Waals surface area contributed by atoms with E-state index in [0.29, 0.717) is 27.9 Å². The summed E-state index contributed by atoms with van der Waals surface area (Å²) in [5.74, 6) is 0.369. The second-order valence-electron chi connectivity index (χ2n) is 6.46. The molecule has 0 spiro atoms. The molecule has 0 aliphatic heterocycles. The molecule has 30 heavy (non-hydrogen) atoms. The maximum atomic E-state index is 13.4. The van der Waals surface area contributed by atoms with Gasteiger partial charge in [0.25, 0.3) is 0 Å². The van der Waals surface area contributed by atoms with Gasteiger partial charge in [-0.1, -0.05) is 6.07 Å². The normalized spacial score (nSPS) is 12.6. The highest BCUT2D eigenvalue weighted by atomic mass is 32.2. The third-order valence-corrected chi connectivity index (χ3v) is 5.47. The minimum absolute atomic E-state index is 0.00955. The van der Waals surface area contributed by atoms with E-state index < -0.39 is 26.7 Å². The third kappa shape index (κ3) is 3.55. The fourth-order valence-electron chi connectivity index (χ4n) is 3.20. The SMILES string of the molecule is COc1ccc2c(ncc3ncn(Cc4ccc(S(N)(=O)=O)c(C(F)(F)F)c4)c32)n1. The molecule has 3 heterocycles. The molecule has 0 aliphatic carbocycles. The Kier molecular flexibility index (Phi) is 4.62. The molecule has 2 N–H and O–H groups in total. The molecular weight excluding hydrogens is 423 g/mol. The van der Waals surface area contributed by atoms with Crippen LogP contribution in [0.5, 0.6) is 5.88 Å². The van der Waals surface area contributed by atoms with Gasteiger partial charge in [0.1, 0.15) is 5.52 Å². The molecule has 0 bridgehead atoms. The number of rotatable bonds is 4. The number of ether oxygens (including phenoxy) is 1. The smallest absolute Gasteiger partial charge is 0.417 e. The number of sulfonamides is 1. The third-order valence-electron chi connectivity index (χ3n) is 4.50. The average molecular weight is 437 g/mol. The van der Waals surface area contributed by atoms with E-state index in [1.165, 1.54) is 25.7 Å².